The second-order valence-corrected chi connectivity index (χ2v) is 7.19. The van der Waals surface area contributed by atoms with Gasteiger partial charge in [0.25, 0.3) is 5.91 Å². The van der Waals surface area contributed by atoms with Crippen LogP contribution >= 0.6 is 11.3 Å². The number of carbonyl (C=O) groups is 1. The molecule has 23 heavy (non-hydrogen) atoms. The summed E-state index contributed by atoms with van der Waals surface area (Å²) in [6, 6.07) is 8.19. The Labute approximate surface area is 141 Å². The van der Waals surface area contributed by atoms with E-state index in [0.717, 1.165) is 42.7 Å². The van der Waals surface area contributed by atoms with Gasteiger partial charge in [-0.1, -0.05) is 17.7 Å². The van der Waals surface area contributed by atoms with Crippen molar-refractivity contribution in [2.75, 3.05) is 19.8 Å². The quantitative estimate of drug-likeness (QED) is 0.925. The van der Waals surface area contributed by atoms with Crippen LogP contribution < -0.4 is 5.32 Å². The monoisotopic (exact) mass is 329 g/mol. The van der Waals surface area contributed by atoms with Gasteiger partial charge in [-0.05, 0) is 60.7 Å². The molecule has 0 aliphatic carbocycles. The average molecular weight is 329 g/mol. The minimum Gasteiger partial charge on any atom is -0.381 e. The van der Waals surface area contributed by atoms with E-state index in [2.05, 4.69) is 22.1 Å². The van der Waals surface area contributed by atoms with Crippen LogP contribution in [0.3, 0.4) is 0 Å². The van der Waals surface area contributed by atoms with Gasteiger partial charge in [0.05, 0.1) is 0 Å². The highest BCUT2D eigenvalue weighted by Gasteiger charge is 2.35. The fourth-order valence-corrected chi connectivity index (χ4v) is 4.00. The van der Waals surface area contributed by atoms with Crippen molar-refractivity contribution in [2.24, 2.45) is 0 Å². The number of hydrogen-bond acceptors (Lipinski definition) is 3. The molecule has 1 N–H and O–H groups in total. The van der Waals surface area contributed by atoms with Crippen LogP contribution in [0.15, 0.2) is 35.0 Å². The molecule has 0 atom stereocenters. The third-order valence-electron chi connectivity index (χ3n) is 4.81. The number of thiophene rings is 1. The van der Waals surface area contributed by atoms with Gasteiger partial charge in [-0.15, -0.1) is 0 Å². The molecule has 2 aromatic rings. The van der Waals surface area contributed by atoms with Gasteiger partial charge in [0.2, 0.25) is 0 Å². The molecule has 1 aromatic carbocycles. The molecule has 1 saturated heterocycles. The Morgan fingerprint density at radius 3 is 2.74 bits per heavy atom. The third kappa shape index (κ3) is 3.48. The van der Waals surface area contributed by atoms with E-state index < -0.39 is 0 Å². The van der Waals surface area contributed by atoms with E-state index in [4.69, 9.17) is 4.74 Å². The first-order chi connectivity index (χ1) is 11.1. The molecule has 0 bridgehead atoms. The zero-order valence-electron chi connectivity index (χ0n) is 13.7. The normalized spacial score (nSPS) is 17.0. The summed E-state index contributed by atoms with van der Waals surface area (Å²) in [7, 11) is 0. The molecule has 122 valence electrons. The number of benzene rings is 1. The summed E-state index contributed by atoms with van der Waals surface area (Å²) in [5, 5.41) is 7.49. The molecule has 1 amide bonds. The van der Waals surface area contributed by atoms with Crippen LogP contribution in [0.2, 0.25) is 0 Å². The molecule has 4 heteroatoms. The van der Waals surface area contributed by atoms with Crippen LogP contribution in [0, 0.1) is 13.8 Å². The molecule has 3 rings (SSSR count). The number of amides is 1. The second kappa shape index (κ2) is 6.85. The molecule has 1 aromatic heterocycles. The molecule has 0 spiro atoms. The molecular weight excluding hydrogens is 306 g/mol. The zero-order chi connectivity index (χ0) is 16.3. The molecule has 0 saturated carbocycles. The predicted molar refractivity (Wildman–Crippen MR) is 94.3 cm³/mol. The molecular formula is C19H23NO2S. The lowest BCUT2D eigenvalue weighted by Crippen LogP contribution is -2.44. The molecule has 1 aliphatic rings. The average Bonchev–Trinajstić information content (AvgIpc) is 3.11. The van der Waals surface area contributed by atoms with E-state index in [1.807, 2.05) is 32.0 Å². The van der Waals surface area contributed by atoms with E-state index in [-0.39, 0.29) is 11.3 Å². The Balaban J connectivity index is 1.77. The number of hydrogen-bond donors (Lipinski definition) is 1. The summed E-state index contributed by atoms with van der Waals surface area (Å²) >= 11 is 1.71. The lowest BCUT2D eigenvalue weighted by atomic mass is 9.75. The van der Waals surface area contributed by atoms with Gasteiger partial charge in [0.1, 0.15) is 0 Å². The van der Waals surface area contributed by atoms with Crippen LogP contribution in [0.1, 0.15) is 39.9 Å². The molecule has 3 nitrogen and oxygen atoms in total. The van der Waals surface area contributed by atoms with E-state index in [1.54, 1.807) is 11.3 Å². The summed E-state index contributed by atoms with van der Waals surface area (Å²) in [5.41, 5.74) is 4.24. The molecule has 0 unspecified atom stereocenters. The number of carbonyl (C=O) groups excluding carboxylic acids is 1. The number of rotatable bonds is 4. The van der Waals surface area contributed by atoms with Gasteiger partial charge in [0.15, 0.2) is 0 Å². The van der Waals surface area contributed by atoms with Crippen molar-refractivity contribution in [1.82, 2.24) is 5.32 Å². The first-order valence-electron chi connectivity index (χ1n) is 8.07. The maximum absolute atomic E-state index is 12.6. The van der Waals surface area contributed by atoms with Gasteiger partial charge in [0, 0.05) is 30.7 Å². The van der Waals surface area contributed by atoms with E-state index in [1.165, 1.54) is 5.56 Å². The van der Waals surface area contributed by atoms with Crippen LogP contribution in [-0.4, -0.2) is 25.7 Å². The van der Waals surface area contributed by atoms with Crippen molar-refractivity contribution in [3.05, 3.63) is 57.3 Å². The van der Waals surface area contributed by atoms with Crippen molar-refractivity contribution in [3.63, 3.8) is 0 Å². The van der Waals surface area contributed by atoms with E-state index >= 15 is 0 Å². The van der Waals surface area contributed by atoms with Gasteiger partial charge in [-0.3, -0.25) is 4.79 Å². The summed E-state index contributed by atoms with van der Waals surface area (Å²) in [4.78, 5) is 12.6. The fraction of sp³-hybridized carbons (Fsp3) is 0.421. The van der Waals surface area contributed by atoms with Gasteiger partial charge in [-0.2, -0.15) is 11.3 Å². The van der Waals surface area contributed by atoms with Crippen LogP contribution in [0.25, 0.3) is 0 Å². The number of ether oxygens (including phenoxy) is 1. The second-order valence-electron chi connectivity index (χ2n) is 6.41. The number of nitrogens with one attached hydrogen (secondary N) is 1. The highest BCUT2D eigenvalue weighted by Crippen LogP contribution is 2.35. The van der Waals surface area contributed by atoms with Crippen molar-refractivity contribution in [1.29, 1.82) is 0 Å². The van der Waals surface area contributed by atoms with Gasteiger partial charge >= 0.3 is 0 Å². The van der Waals surface area contributed by atoms with Crippen molar-refractivity contribution >= 4 is 17.2 Å². The minimum atomic E-state index is 0.00560. The van der Waals surface area contributed by atoms with Crippen LogP contribution in [0.4, 0.5) is 0 Å². The Kier molecular flexibility index (Phi) is 4.83. The predicted octanol–water partition coefficient (Wildman–Crippen LogP) is 3.84. The SMILES string of the molecule is Cc1ccc(C)c(C(=O)NCC2(c3ccsc3)CCOCC2)c1. The summed E-state index contributed by atoms with van der Waals surface area (Å²) in [5.74, 6) is 0.0206. The third-order valence-corrected chi connectivity index (χ3v) is 5.49. The van der Waals surface area contributed by atoms with Crippen molar-refractivity contribution in [3.8, 4) is 0 Å². The van der Waals surface area contributed by atoms with Gasteiger partial charge < -0.3 is 10.1 Å². The largest absolute Gasteiger partial charge is 0.381 e. The van der Waals surface area contributed by atoms with Crippen molar-refractivity contribution < 1.29 is 9.53 Å². The molecule has 0 radical (unpaired) electrons. The maximum atomic E-state index is 12.6. The maximum Gasteiger partial charge on any atom is 0.251 e. The number of aryl methyl sites for hydroxylation is 2. The lowest BCUT2D eigenvalue weighted by molar-refractivity contribution is 0.0488. The topological polar surface area (TPSA) is 38.3 Å². The fourth-order valence-electron chi connectivity index (χ4n) is 3.22. The smallest absolute Gasteiger partial charge is 0.251 e. The van der Waals surface area contributed by atoms with Crippen LogP contribution in [-0.2, 0) is 10.2 Å². The summed E-state index contributed by atoms with van der Waals surface area (Å²) < 4.78 is 5.54. The molecule has 1 fully saturated rings. The standard InChI is InChI=1S/C19H23NO2S/c1-14-3-4-15(2)17(11-14)18(21)20-13-19(6-8-22-9-7-19)16-5-10-23-12-16/h3-5,10-12H,6-9,13H2,1-2H3,(H,20,21). The van der Waals surface area contributed by atoms with E-state index in [9.17, 15) is 4.79 Å². The first kappa shape index (κ1) is 16.2. The highest BCUT2D eigenvalue weighted by atomic mass is 32.1. The summed E-state index contributed by atoms with van der Waals surface area (Å²) in [6.07, 6.45) is 1.91. The van der Waals surface area contributed by atoms with E-state index in [0.29, 0.717) is 6.54 Å². The first-order valence-corrected chi connectivity index (χ1v) is 9.01. The molecule has 2 heterocycles. The Morgan fingerprint density at radius 1 is 1.26 bits per heavy atom. The Bertz CT molecular complexity index is 673. The molecule has 1 aliphatic heterocycles. The van der Waals surface area contributed by atoms with Crippen LogP contribution in [0.5, 0.6) is 0 Å². The highest BCUT2D eigenvalue weighted by molar-refractivity contribution is 7.08. The van der Waals surface area contributed by atoms with Crippen molar-refractivity contribution in [2.45, 2.75) is 32.1 Å². The summed E-state index contributed by atoms with van der Waals surface area (Å²) in [6.45, 7) is 6.18. The van der Waals surface area contributed by atoms with Gasteiger partial charge in [-0.25, -0.2) is 0 Å². The Morgan fingerprint density at radius 2 is 2.04 bits per heavy atom. The Hall–Kier alpha value is -1.65. The minimum absolute atomic E-state index is 0.00560. The zero-order valence-corrected chi connectivity index (χ0v) is 14.5. The lowest BCUT2D eigenvalue weighted by Gasteiger charge is -2.37.